The van der Waals surface area contributed by atoms with Gasteiger partial charge >= 0.3 is 5.97 Å². The molecule has 0 rings (SSSR count). The average Bonchev–Trinajstić information content (AvgIpc) is 2.15. The van der Waals surface area contributed by atoms with Gasteiger partial charge in [-0.25, -0.2) is 0 Å². The Labute approximate surface area is 87.0 Å². The highest BCUT2D eigenvalue weighted by Crippen LogP contribution is 2.06. The lowest BCUT2D eigenvalue weighted by Gasteiger charge is -1.96. The Balaban J connectivity index is 3.02. The first-order valence-electron chi connectivity index (χ1n) is 5.64. The van der Waals surface area contributed by atoms with E-state index in [9.17, 15) is 4.79 Å². The molecule has 0 spiro atoms. The summed E-state index contributed by atoms with van der Waals surface area (Å²) in [6.45, 7) is 2.18. The number of carboxylic acids is 1. The smallest absolute Gasteiger partial charge is 0.303 e. The molecule has 0 saturated carbocycles. The highest BCUT2D eigenvalue weighted by molar-refractivity contribution is 5.66. The SMILES string of the molecule is CCC/C=C\CCCCCCC(=O)O. The molecule has 0 bridgehead atoms. The largest absolute Gasteiger partial charge is 0.481 e. The van der Waals surface area contributed by atoms with E-state index in [1.54, 1.807) is 0 Å². The van der Waals surface area contributed by atoms with Gasteiger partial charge < -0.3 is 5.11 Å². The molecule has 0 unspecified atom stereocenters. The Hall–Kier alpha value is -0.790. The van der Waals surface area contributed by atoms with Crippen molar-refractivity contribution in [1.29, 1.82) is 0 Å². The molecule has 0 aromatic carbocycles. The van der Waals surface area contributed by atoms with E-state index < -0.39 is 5.97 Å². The topological polar surface area (TPSA) is 37.3 Å². The molecule has 0 aliphatic rings. The Morgan fingerprint density at radius 2 is 1.71 bits per heavy atom. The van der Waals surface area contributed by atoms with Gasteiger partial charge in [0, 0.05) is 6.42 Å². The monoisotopic (exact) mass is 198 g/mol. The maximum atomic E-state index is 10.2. The molecule has 82 valence electrons. The first-order chi connectivity index (χ1) is 6.77. The van der Waals surface area contributed by atoms with Crippen LogP contribution in [0.1, 0.15) is 58.3 Å². The fraction of sp³-hybridized carbons (Fsp3) is 0.750. The van der Waals surface area contributed by atoms with Crippen molar-refractivity contribution >= 4 is 5.97 Å². The molecule has 2 heteroatoms. The zero-order valence-corrected chi connectivity index (χ0v) is 9.17. The summed E-state index contributed by atoms with van der Waals surface area (Å²) < 4.78 is 0. The lowest BCUT2D eigenvalue weighted by atomic mass is 10.1. The standard InChI is InChI=1S/C12H22O2/c1-2-3-4-5-6-7-8-9-10-11-12(13)14/h4-5H,2-3,6-11H2,1H3,(H,13,14)/b5-4-. The van der Waals surface area contributed by atoms with Gasteiger partial charge in [-0.05, 0) is 25.7 Å². The number of hydrogen-bond donors (Lipinski definition) is 1. The number of hydrogen-bond acceptors (Lipinski definition) is 1. The zero-order valence-electron chi connectivity index (χ0n) is 9.17. The molecule has 0 fully saturated rings. The molecule has 0 amide bonds. The van der Waals surface area contributed by atoms with E-state index in [-0.39, 0.29) is 0 Å². The molecule has 14 heavy (non-hydrogen) atoms. The molecule has 0 aromatic rings. The Morgan fingerprint density at radius 1 is 1.07 bits per heavy atom. The van der Waals surface area contributed by atoms with Crippen molar-refractivity contribution in [3.8, 4) is 0 Å². The summed E-state index contributed by atoms with van der Waals surface area (Å²) in [6.07, 6.45) is 12.6. The van der Waals surface area contributed by atoms with E-state index in [1.165, 1.54) is 19.3 Å². The van der Waals surface area contributed by atoms with Crippen LogP contribution in [-0.4, -0.2) is 11.1 Å². The summed E-state index contributed by atoms with van der Waals surface area (Å²) >= 11 is 0. The lowest BCUT2D eigenvalue weighted by molar-refractivity contribution is -0.137. The van der Waals surface area contributed by atoms with Crippen molar-refractivity contribution in [1.82, 2.24) is 0 Å². The molecule has 0 saturated heterocycles. The van der Waals surface area contributed by atoms with Crippen molar-refractivity contribution in [3.63, 3.8) is 0 Å². The summed E-state index contributed by atoms with van der Waals surface area (Å²) in [5.74, 6) is -0.673. The molecule has 0 radical (unpaired) electrons. The van der Waals surface area contributed by atoms with E-state index in [2.05, 4.69) is 19.1 Å². The van der Waals surface area contributed by atoms with Crippen LogP contribution in [0, 0.1) is 0 Å². The lowest BCUT2D eigenvalue weighted by Crippen LogP contribution is -1.93. The maximum Gasteiger partial charge on any atom is 0.303 e. The summed E-state index contributed by atoms with van der Waals surface area (Å²) in [7, 11) is 0. The van der Waals surface area contributed by atoms with Gasteiger partial charge in [0.15, 0.2) is 0 Å². The second-order valence-electron chi connectivity index (χ2n) is 3.61. The zero-order chi connectivity index (χ0) is 10.6. The van der Waals surface area contributed by atoms with Gasteiger partial charge in [-0.15, -0.1) is 0 Å². The number of allylic oxidation sites excluding steroid dienone is 2. The van der Waals surface area contributed by atoms with Crippen LogP contribution in [0.15, 0.2) is 12.2 Å². The number of carboxylic acid groups (broad SMARTS) is 1. The molecule has 2 nitrogen and oxygen atoms in total. The van der Waals surface area contributed by atoms with Gasteiger partial charge in [-0.3, -0.25) is 4.79 Å². The van der Waals surface area contributed by atoms with Crippen molar-refractivity contribution in [2.75, 3.05) is 0 Å². The van der Waals surface area contributed by atoms with Crippen LogP contribution in [0.3, 0.4) is 0 Å². The van der Waals surface area contributed by atoms with E-state index >= 15 is 0 Å². The van der Waals surface area contributed by atoms with Gasteiger partial charge in [-0.2, -0.15) is 0 Å². The van der Waals surface area contributed by atoms with Gasteiger partial charge in [-0.1, -0.05) is 38.3 Å². The normalized spacial score (nSPS) is 10.9. The number of aliphatic carboxylic acids is 1. The molecule has 0 aliphatic carbocycles. The molecule has 0 aliphatic heterocycles. The molecule has 0 aromatic heterocycles. The maximum absolute atomic E-state index is 10.2. The molecule has 0 heterocycles. The minimum absolute atomic E-state index is 0.325. The van der Waals surface area contributed by atoms with Crippen LogP contribution in [0.25, 0.3) is 0 Å². The van der Waals surface area contributed by atoms with E-state index in [4.69, 9.17) is 5.11 Å². The Kier molecular flexibility index (Phi) is 9.71. The van der Waals surface area contributed by atoms with Crippen LogP contribution in [0.2, 0.25) is 0 Å². The van der Waals surface area contributed by atoms with E-state index in [0.29, 0.717) is 6.42 Å². The van der Waals surface area contributed by atoms with Crippen LogP contribution in [0.5, 0.6) is 0 Å². The summed E-state index contributed by atoms with van der Waals surface area (Å²) in [5.41, 5.74) is 0. The minimum Gasteiger partial charge on any atom is -0.481 e. The summed E-state index contributed by atoms with van der Waals surface area (Å²) in [5, 5.41) is 8.40. The first-order valence-corrected chi connectivity index (χ1v) is 5.64. The molecule has 0 atom stereocenters. The fourth-order valence-electron chi connectivity index (χ4n) is 1.29. The minimum atomic E-state index is -0.673. The number of unbranched alkanes of at least 4 members (excludes halogenated alkanes) is 5. The Morgan fingerprint density at radius 3 is 2.36 bits per heavy atom. The third-order valence-corrected chi connectivity index (χ3v) is 2.13. The van der Waals surface area contributed by atoms with Gasteiger partial charge in [0.25, 0.3) is 0 Å². The third kappa shape index (κ3) is 11.2. The van der Waals surface area contributed by atoms with Crippen molar-refractivity contribution in [2.45, 2.75) is 58.3 Å². The average molecular weight is 198 g/mol. The number of rotatable bonds is 9. The van der Waals surface area contributed by atoms with Crippen molar-refractivity contribution in [2.24, 2.45) is 0 Å². The molecular formula is C12H22O2. The highest BCUT2D eigenvalue weighted by atomic mass is 16.4. The van der Waals surface area contributed by atoms with Crippen molar-refractivity contribution < 1.29 is 9.90 Å². The van der Waals surface area contributed by atoms with E-state index in [1.807, 2.05) is 0 Å². The van der Waals surface area contributed by atoms with Gasteiger partial charge in [0.1, 0.15) is 0 Å². The third-order valence-electron chi connectivity index (χ3n) is 2.13. The molecule has 1 N–H and O–H groups in total. The van der Waals surface area contributed by atoms with Gasteiger partial charge in [0.05, 0.1) is 0 Å². The first kappa shape index (κ1) is 13.2. The van der Waals surface area contributed by atoms with Crippen molar-refractivity contribution in [3.05, 3.63) is 12.2 Å². The predicted molar refractivity (Wildman–Crippen MR) is 59.4 cm³/mol. The second kappa shape index (κ2) is 10.3. The van der Waals surface area contributed by atoms with Crippen LogP contribution in [-0.2, 0) is 4.79 Å². The highest BCUT2D eigenvalue weighted by Gasteiger charge is 1.95. The van der Waals surface area contributed by atoms with Gasteiger partial charge in [0.2, 0.25) is 0 Å². The fourth-order valence-corrected chi connectivity index (χ4v) is 1.29. The predicted octanol–water partition coefficient (Wildman–Crippen LogP) is 3.77. The molecular weight excluding hydrogens is 176 g/mol. The summed E-state index contributed by atoms with van der Waals surface area (Å²) in [4.78, 5) is 10.2. The second-order valence-corrected chi connectivity index (χ2v) is 3.61. The van der Waals surface area contributed by atoms with Crippen LogP contribution in [0.4, 0.5) is 0 Å². The van der Waals surface area contributed by atoms with Crippen LogP contribution < -0.4 is 0 Å². The van der Waals surface area contributed by atoms with Crippen LogP contribution >= 0.6 is 0 Å². The summed E-state index contributed by atoms with van der Waals surface area (Å²) in [6, 6.07) is 0. The number of carbonyl (C=O) groups is 1. The van der Waals surface area contributed by atoms with E-state index in [0.717, 1.165) is 25.7 Å². The quantitative estimate of drug-likeness (QED) is 0.452. The Bertz CT molecular complexity index is 162.